The largest absolute Gasteiger partial charge is 0.435 e. The average molecular weight is 320 g/mol. The highest BCUT2D eigenvalue weighted by Crippen LogP contribution is 2.34. The van der Waals surface area contributed by atoms with Gasteiger partial charge in [-0.2, -0.15) is 8.78 Å². The summed E-state index contributed by atoms with van der Waals surface area (Å²) < 4.78 is 28.6. The summed E-state index contributed by atoms with van der Waals surface area (Å²) in [5.74, 6) is 0.166. The third-order valence-electron chi connectivity index (χ3n) is 3.23. The number of H-pyrrole nitrogens is 1. The summed E-state index contributed by atoms with van der Waals surface area (Å²) in [6.07, 6.45) is 0. The Kier molecular flexibility index (Phi) is 4.29. The van der Waals surface area contributed by atoms with Crippen LogP contribution in [0.2, 0.25) is 0 Å². The normalized spacial score (nSPS) is 12.7. The molecule has 0 bridgehead atoms. The number of nitrogens with zero attached hydrogens (tertiary/aromatic N) is 1. The first-order chi connectivity index (χ1) is 10.6. The van der Waals surface area contributed by atoms with Crippen molar-refractivity contribution in [2.45, 2.75) is 23.9 Å². The summed E-state index contributed by atoms with van der Waals surface area (Å²) in [5, 5.41) is 0.975. The highest BCUT2D eigenvalue weighted by molar-refractivity contribution is 7.99. The van der Waals surface area contributed by atoms with Crippen LogP contribution in [0.4, 0.5) is 8.78 Å². The molecule has 0 radical (unpaired) electrons. The van der Waals surface area contributed by atoms with Gasteiger partial charge in [0.15, 0.2) is 5.16 Å². The van der Waals surface area contributed by atoms with Crippen LogP contribution >= 0.6 is 11.8 Å². The van der Waals surface area contributed by atoms with Gasteiger partial charge in [-0.15, -0.1) is 0 Å². The maximum atomic E-state index is 12.1. The number of fused-ring (bicyclic) bond motifs is 1. The maximum Gasteiger partial charge on any atom is 0.387 e. The predicted octanol–water partition coefficient (Wildman–Crippen LogP) is 5.02. The van der Waals surface area contributed by atoms with Crippen LogP contribution in [-0.4, -0.2) is 16.6 Å². The Morgan fingerprint density at radius 1 is 1.09 bits per heavy atom. The van der Waals surface area contributed by atoms with E-state index in [1.807, 2.05) is 31.2 Å². The summed E-state index contributed by atoms with van der Waals surface area (Å²) in [7, 11) is 0. The van der Waals surface area contributed by atoms with E-state index in [0.29, 0.717) is 0 Å². The van der Waals surface area contributed by atoms with Crippen molar-refractivity contribution >= 4 is 22.8 Å². The number of benzene rings is 2. The maximum absolute atomic E-state index is 12.1. The zero-order chi connectivity index (χ0) is 15.5. The molecule has 3 nitrogen and oxygen atoms in total. The topological polar surface area (TPSA) is 37.9 Å². The van der Waals surface area contributed by atoms with E-state index in [2.05, 4.69) is 14.7 Å². The first kappa shape index (κ1) is 14.8. The van der Waals surface area contributed by atoms with Gasteiger partial charge in [0, 0.05) is 5.25 Å². The number of ether oxygens (including phenoxy) is 1. The molecular weight excluding hydrogens is 306 g/mol. The van der Waals surface area contributed by atoms with E-state index in [1.165, 1.54) is 0 Å². The van der Waals surface area contributed by atoms with E-state index in [9.17, 15) is 8.78 Å². The highest BCUT2D eigenvalue weighted by Gasteiger charge is 2.11. The lowest BCUT2D eigenvalue weighted by atomic mass is 10.2. The van der Waals surface area contributed by atoms with Crippen LogP contribution in [0.1, 0.15) is 17.7 Å². The first-order valence-corrected chi connectivity index (χ1v) is 7.66. The molecule has 6 heteroatoms. The average Bonchev–Trinajstić information content (AvgIpc) is 2.89. The molecule has 2 aromatic carbocycles. The summed E-state index contributed by atoms with van der Waals surface area (Å²) in [6, 6.07) is 14.5. The van der Waals surface area contributed by atoms with Gasteiger partial charge in [-0.3, -0.25) is 0 Å². The minimum Gasteiger partial charge on any atom is -0.435 e. The van der Waals surface area contributed by atoms with E-state index in [-0.39, 0.29) is 11.0 Å². The van der Waals surface area contributed by atoms with Crippen molar-refractivity contribution in [2.75, 3.05) is 0 Å². The van der Waals surface area contributed by atoms with Crippen LogP contribution in [-0.2, 0) is 0 Å². The van der Waals surface area contributed by atoms with Crippen molar-refractivity contribution in [2.24, 2.45) is 0 Å². The number of nitrogens with one attached hydrogen (secondary N) is 1. The minimum absolute atomic E-state index is 0.140. The number of aromatic nitrogens is 2. The summed E-state index contributed by atoms with van der Waals surface area (Å²) >= 11 is 1.59. The zero-order valence-corrected chi connectivity index (χ0v) is 12.6. The molecule has 0 aliphatic rings. The van der Waals surface area contributed by atoms with Crippen LogP contribution in [0, 0.1) is 0 Å². The molecule has 114 valence electrons. The second kappa shape index (κ2) is 6.36. The Hall–Kier alpha value is -2.08. The smallest absolute Gasteiger partial charge is 0.387 e. The Morgan fingerprint density at radius 2 is 1.82 bits per heavy atom. The van der Waals surface area contributed by atoms with Crippen molar-refractivity contribution in [3.63, 3.8) is 0 Å². The standard InChI is InChI=1S/C16H14F2N2OS/c1-10(11-6-8-12(9-7-11)21-15(17)18)22-16-19-13-4-2-3-5-14(13)20-16/h2-10,15H,1H3,(H,19,20). The van der Waals surface area contributed by atoms with E-state index >= 15 is 0 Å². The lowest BCUT2D eigenvalue weighted by Gasteiger charge is -2.11. The van der Waals surface area contributed by atoms with Crippen LogP contribution in [0.5, 0.6) is 5.75 Å². The number of hydrogen-bond donors (Lipinski definition) is 1. The molecule has 0 spiro atoms. The molecular formula is C16H14F2N2OS. The van der Waals surface area contributed by atoms with Crippen molar-refractivity contribution in [3.8, 4) is 5.75 Å². The molecule has 1 heterocycles. The first-order valence-electron chi connectivity index (χ1n) is 6.78. The fourth-order valence-electron chi connectivity index (χ4n) is 2.14. The third-order valence-corrected chi connectivity index (χ3v) is 4.27. The number of para-hydroxylation sites is 2. The number of aromatic amines is 1. The van der Waals surface area contributed by atoms with Crippen LogP contribution < -0.4 is 4.74 Å². The van der Waals surface area contributed by atoms with Crippen molar-refractivity contribution < 1.29 is 13.5 Å². The molecule has 1 atom stereocenters. The van der Waals surface area contributed by atoms with E-state index in [0.717, 1.165) is 21.8 Å². The second-order valence-electron chi connectivity index (χ2n) is 4.77. The molecule has 3 aromatic rings. The number of halogens is 2. The molecule has 0 aliphatic carbocycles. The van der Waals surface area contributed by atoms with Gasteiger partial charge >= 0.3 is 6.61 Å². The number of hydrogen-bond acceptors (Lipinski definition) is 3. The Bertz CT molecular complexity index is 725. The molecule has 0 aliphatic heterocycles. The number of alkyl halides is 2. The Morgan fingerprint density at radius 3 is 2.50 bits per heavy atom. The van der Waals surface area contributed by atoms with Crippen molar-refractivity contribution in [1.82, 2.24) is 9.97 Å². The molecule has 0 saturated heterocycles. The Labute approximate surface area is 130 Å². The molecule has 1 N–H and O–H groups in total. The van der Waals surface area contributed by atoms with Gasteiger partial charge in [0.1, 0.15) is 5.75 Å². The molecule has 1 unspecified atom stereocenters. The molecule has 0 amide bonds. The molecule has 0 saturated carbocycles. The molecule has 3 rings (SSSR count). The number of imidazole rings is 1. The summed E-state index contributed by atoms with van der Waals surface area (Å²) in [5.41, 5.74) is 2.95. The third kappa shape index (κ3) is 3.39. The van der Waals surface area contributed by atoms with Gasteiger partial charge in [-0.25, -0.2) is 4.98 Å². The van der Waals surface area contributed by atoms with Gasteiger partial charge in [0.25, 0.3) is 0 Å². The number of rotatable bonds is 5. The van der Waals surface area contributed by atoms with Crippen LogP contribution in [0.15, 0.2) is 53.7 Å². The monoisotopic (exact) mass is 320 g/mol. The minimum atomic E-state index is -2.80. The second-order valence-corrected chi connectivity index (χ2v) is 6.10. The van der Waals surface area contributed by atoms with Crippen molar-refractivity contribution in [3.05, 3.63) is 54.1 Å². The van der Waals surface area contributed by atoms with Gasteiger partial charge in [-0.1, -0.05) is 36.0 Å². The fraction of sp³-hybridized carbons (Fsp3) is 0.188. The SMILES string of the molecule is CC(Sc1nc2ccccc2[nH]1)c1ccc(OC(F)F)cc1. The Balaban J connectivity index is 1.72. The summed E-state index contributed by atoms with van der Waals surface area (Å²) in [4.78, 5) is 7.78. The lowest BCUT2D eigenvalue weighted by Crippen LogP contribution is -2.01. The van der Waals surface area contributed by atoms with Crippen molar-refractivity contribution in [1.29, 1.82) is 0 Å². The lowest BCUT2D eigenvalue weighted by molar-refractivity contribution is -0.0498. The van der Waals surface area contributed by atoms with Gasteiger partial charge in [-0.05, 0) is 36.8 Å². The molecule has 1 aromatic heterocycles. The highest BCUT2D eigenvalue weighted by atomic mass is 32.2. The molecule has 22 heavy (non-hydrogen) atoms. The predicted molar refractivity (Wildman–Crippen MR) is 83.4 cm³/mol. The van der Waals surface area contributed by atoms with Gasteiger partial charge < -0.3 is 9.72 Å². The van der Waals surface area contributed by atoms with Crippen LogP contribution in [0.25, 0.3) is 11.0 Å². The van der Waals surface area contributed by atoms with Crippen LogP contribution in [0.3, 0.4) is 0 Å². The van der Waals surface area contributed by atoms with Gasteiger partial charge in [0.2, 0.25) is 0 Å². The van der Waals surface area contributed by atoms with E-state index in [1.54, 1.807) is 36.0 Å². The van der Waals surface area contributed by atoms with E-state index in [4.69, 9.17) is 0 Å². The summed E-state index contributed by atoms with van der Waals surface area (Å²) in [6.45, 7) is -0.755. The van der Waals surface area contributed by atoms with Gasteiger partial charge in [0.05, 0.1) is 11.0 Å². The quantitative estimate of drug-likeness (QED) is 0.671. The number of thioether (sulfide) groups is 1. The van der Waals surface area contributed by atoms with E-state index < -0.39 is 6.61 Å². The molecule has 0 fully saturated rings. The fourth-order valence-corrected chi connectivity index (χ4v) is 3.09. The zero-order valence-electron chi connectivity index (χ0n) is 11.8.